The molecule has 0 N–H and O–H groups in total. The molecule has 48 valence electrons. The maximum absolute atomic E-state index is 2.33. The van der Waals surface area contributed by atoms with E-state index in [-0.39, 0.29) is 24.8 Å². The average Bonchev–Trinajstić information content (AvgIpc) is 0.722. The summed E-state index contributed by atoms with van der Waals surface area (Å²) >= 11 is 0. The zero-order chi connectivity index (χ0) is 4.50. The molecule has 0 aromatic carbocycles. The van der Waals surface area contributed by atoms with Gasteiger partial charge in [-0.2, -0.15) is 0 Å². The fourth-order valence-corrected chi connectivity index (χ4v) is 0. The topological polar surface area (TPSA) is 0 Å². The lowest BCUT2D eigenvalue weighted by molar-refractivity contribution is 1.71. The molecule has 0 amide bonds. The number of hydrogen-bond donors (Lipinski definition) is 0. The van der Waals surface area contributed by atoms with Gasteiger partial charge in [0.25, 0.3) is 0 Å². The highest BCUT2D eigenvalue weighted by molar-refractivity contribution is 6.74. The Labute approximate surface area is 59.5 Å². The van der Waals surface area contributed by atoms with Crippen LogP contribution in [0, 0.1) is 0 Å². The lowest BCUT2D eigenvalue weighted by Gasteiger charge is -2.01. The fraction of sp³-hybridized carbons (Fsp3) is 1.00. The Morgan fingerprint density at radius 1 is 0.714 bits per heavy atom. The second kappa shape index (κ2) is 4.94. The Hall–Kier alpha value is 0.797. The molecule has 0 saturated carbocycles. The molecule has 7 heavy (non-hydrogen) atoms. The summed E-state index contributed by atoms with van der Waals surface area (Å²) in [6.45, 7) is 9.31. The van der Waals surface area contributed by atoms with Crippen LogP contribution in [0.5, 0.6) is 0 Å². The van der Waals surface area contributed by atoms with Crippen molar-refractivity contribution in [1.82, 2.24) is 0 Å². The molecule has 3 heteroatoms. The Morgan fingerprint density at radius 2 is 0.714 bits per heavy atom. The van der Waals surface area contributed by atoms with Gasteiger partial charge in [-0.25, -0.2) is 0 Å². The van der Waals surface area contributed by atoms with Gasteiger partial charge in [0.1, 0.15) is 0 Å². The molecule has 0 aliphatic rings. The van der Waals surface area contributed by atoms with Crippen LogP contribution in [0.15, 0.2) is 0 Å². The Morgan fingerprint density at radius 3 is 0.714 bits per heavy atom. The molecule has 0 fully saturated rings. The predicted molar refractivity (Wildman–Crippen MR) is 43.7 cm³/mol. The normalized spacial score (nSPS) is 8.57. The van der Waals surface area contributed by atoms with Crippen molar-refractivity contribution in [3.63, 3.8) is 0 Å². The molecule has 0 aliphatic carbocycles. The van der Waals surface area contributed by atoms with Gasteiger partial charge in [-0.15, -0.1) is 24.8 Å². The van der Waals surface area contributed by atoms with Crippen molar-refractivity contribution in [2.45, 2.75) is 26.2 Å². The molecule has 0 aliphatic heterocycles. The first-order valence-corrected chi connectivity index (χ1v) is 6.00. The van der Waals surface area contributed by atoms with Crippen molar-refractivity contribution in [3.8, 4) is 0 Å². The molecule has 0 unspecified atom stereocenters. The quantitative estimate of drug-likeness (QED) is 0.479. The Balaban J connectivity index is -0.0000000800. The van der Waals surface area contributed by atoms with Crippen LogP contribution in [0.25, 0.3) is 0 Å². The molecule has 0 atom stereocenters. The molecule has 0 bridgehead atoms. The van der Waals surface area contributed by atoms with Crippen LogP contribution in [-0.2, 0) is 0 Å². The molecule has 0 rings (SSSR count). The zero-order valence-corrected chi connectivity index (χ0v) is 7.95. The molecule has 0 aromatic heterocycles. The first-order valence-electron chi connectivity index (χ1n) is 2.00. The molecule has 0 heterocycles. The van der Waals surface area contributed by atoms with Crippen molar-refractivity contribution in [1.29, 1.82) is 0 Å². The van der Waals surface area contributed by atoms with Crippen molar-refractivity contribution in [3.05, 3.63) is 0 Å². The summed E-state index contributed by atoms with van der Waals surface area (Å²) < 4.78 is 0. The van der Waals surface area contributed by atoms with Crippen molar-refractivity contribution < 1.29 is 0 Å². The zero-order valence-electron chi connectivity index (χ0n) is 5.32. The average molecular weight is 161 g/mol. The van der Waals surface area contributed by atoms with E-state index in [9.17, 15) is 0 Å². The van der Waals surface area contributed by atoms with E-state index in [4.69, 9.17) is 0 Å². The lowest BCUT2D eigenvalue weighted by atomic mass is 11.8. The van der Waals surface area contributed by atoms with Gasteiger partial charge < -0.3 is 0 Å². The summed E-state index contributed by atoms with van der Waals surface area (Å²) in [4.78, 5) is 0. The molecule has 0 radical (unpaired) electrons. The highest BCUT2D eigenvalue weighted by atomic mass is 35.5. The third-order valence-corrected chi connectivity index (χ3v) is 0. The summed E-state index contributed by atoms with van der Waals surface area (Å²) in [6, 6.07) is 0. The van der Waals surface area contributed by atoms with E-state index in [1.54, 1.807) is 0 Å². The molecular formula is C4H14Cl2Si. The van der Waals surface area contributed by atoms with Gasteiger partial charge >= 0.3 is 0 Å². The van der Waals surface area contributed by atoms with Gasteiger partial charge in [0.2, 0.25) is 0 Å². The van der Waals surface area contributed by atoms with Crippen LogP contribution in [0.4, 0.5) is 0 Å². The van der Waals surface area contributed by atoms with Gasteiger partial charge in [0.05, 0.1) is 0 Å². The van der Waals surface area contributed by atoms with Gasteiger partial charge in [0, 0.05) is 8.07 Å². The third kappa shape index (κ3) is 246. The predicted octanol–water partition coefficient (Wildman–Crippen LogP) is 2.80. The minimum atomic E-state index is -0.611. The summed E-state index contributed by atoms with van der Waals surface area (Å²) in [7, 11) is -0.611. The maximum atomic E-state index is 2.33. The SMILES string of the molecule is C[Si](C)(C)C.Cl.Cl. The van der Waals surface area contributed by atoms with Crippen LogP contribution in [-0.4, -0.2) is 8.07 Å². The van der Waals surface area contributed by atoms with E-state index >= 15 is 0 Å². The van der Waals surface area contributed by atoms with Crippen molar-refractivity contribution >= 4 is 32.9 Å². The largest absolute Gasteiger partial charge is 0.147 e. The smallest absolute Gasteiger partial charge is 0.0411 e. The second-order valence-electron chi connectivity index (χ2n) is 3.00. The molecule has 0 nitrogen and oxygen atoms in total. The minimum Gasteiger partial charge on any atom is -0.147 e. The first-order chi connectivity index (χ1) is 2.00. The van der Waals surface area contributed by atoms with E-state index in [0.29, 0.717) is 0 Å². The maximum Gasteiger partial charge on any atom is 0.0411 e. The molecule has 0 spiro atoms. The van der Waals surface area contributed by atoms with Crippen molar-refractivity contribution in [2.24, 2.45) is 0 Å². The van der Waals surface area contributed by atoms with Gasteiger partial charge in [-0.1, -0.05) is 26.2 Å². The van der Waals surface area contributed by atoms with E-state index in [2.05, 4.69) is 26.2 Å². The molecule has 0 saturated heterocycles. The van der Waals surface area contributed by atoms with Gasteiger partial charge in [-0.05, 0) is 0 Å². The number of halogens is 2. The number of rotatable bonds is 0. The van der Waals surface area contributed by atoms with Crippen LogP contribution in [0.1, 0.15) is 0 Å². The minimum absolute atomic E-state index is 0. The summed E-state index contributed by atoms with van der Waals surface area (Å²) in [5.41, 5.74) is 0. The standard InChI is InChI=1S/C4H12Si.2ClH/c1-5(2,3)4;;/h1-4H3;2*1H. The Bertz CT molecular complexity index is 25.2. The van der Waals surface area contributed by atoms with Gasteiger partial charge in [0.15, 0.2) is 0 Å². The van der Waals surface area contributed by atoms with E-state index in [1.807, 2.05) is 0 Å². The highest BCUT2D eigenvalue weighted by Crippen LogP contribution is 1.94. The summed E-state index contributed by atoms with van der Waals surface area (Å²) in [6.07, 6.45) is 0. The van der Waals surface area contributed by atoms with E-state index in [0.717, 1.165) is 0 Å². The first kappa shape index (κ1) is 15.7. The monoisotopic (exact) mass is 160 g/mol. The van der Waals surface area contributed by atoms with Crippen LogP contribution < -0.4 is 0 Å². The summed E-state index contributed by atoms with van der Waals surface area (Å²) in [5, 5.41) is 0. The molecular weight excluding hydrogens is 147 g/mol. The lowest BCUT2D eigenvalue weighted by Crippen LogP contribution is -2.10. The van der Waals surface area contributed by atoms with Crippen LogP contribution in [0.3, 0.4) is 0 Å². The summed E-state index contributed by atoms with van der Waals surface area (Å²) in [5.74, 6) is 0. The van der Waals surface area contributed by atoms with E-state index in [1.165, 1.54) is 0 Å². The van der Waals surface area contributed by atoms with E-state index < -0.39 is 8.07 Å². The highest BCUT2D eigenvalue weighted by Gasteiger charge is 1.99. The van der Waals surface area contributed by atoms with Crippen molar-refractivity contribution in [2.75, 3.05) is 0 Å². The fourth-order valence-electron chi connectivity index (χ4n) is 0. The third-order valence-electron chi connectivity index (χ3n) is 0. The van der Waals surface area contributed by atoms with Gasteiger partial charge in [-0.3, -0.25) is 0 Å². The van der Waals surface area contributed by atoms with Crippen LogP contribution in [0.2, 0.25) is 26.2 Å². The molecule has 0 aromatic rings. The number of hydrogen-bond acceptors (Lipinski definition) is 0. The van der Waals surface area contributed by atoms with Crippen LogP contribution >= 0.6 is 24.8 Å². The second-order valence-corrected chi connectivity index (χ2v) is 9.00. The Kier molecular flexibility index (Phi) is 11.1.